The number of carboxylic acids is 1. The van der Waals surface area contributed by atoms with E-state index < -0.39 is 196 Å². The molecule has 6 rings (SSSR count). The Morgan fingerprint density at radius 3 is 1.39 bits per heavy atom. The van der Waals surface area contributed by atoms with Crippen LogP contribution in [0.15, 0.2) is 48.5 Å². The number of benzene rings is 2. The topological polar surface area (TPSA) is 394 Å². The molecule has 2 aromatic rings. The lowest BCUT2D eigenvalue weighted by atomic mass is 9.94. The molecule has 84 heavy (non-hydrogen) atoms. The van der Waals surface area contributed by atoms with E-state index >= 15 is 0 Å². The number of carbonyl (C=O) groups is 11. The predicted molar refractivity (Wildman–Crippen MR) is 275 cm³/mol. The van der Waals surface area contributed by atoms with Crippen LogP contribution < -0.4 is 16.0 Å². The van der Waals surface area contributed by atoms with Gasteiger partial charge in [-0.3, -0.25) is 43.2 Å². The molecule has 0 spiro atoms. The van der Waals surface area contributed by atoms with Crippen molar-refractivity contribution in [3.05, 3.63) is 59.7 Å². The molecule has 3 amide bonds. The van der Waals surface area contributed by atoms with Gasteiger partial charge in [0.15, 0.2) is 55.4 Å². The minimum atomic E-state index is -2.11. The summed E-state index contributed by atoms with van der Waals surface area (Å²) in [7, 11) is 0. The lowest BCUT2D eigenvalue weighted by molar-refractivity contribution is -0.350. The molecule has 5 N–H and O–H groups in total. The first kappa shape index (κ1) is 65.3. The number of aliphatic hydroxyl groups is 1. The summed E-state index contributed by atoms with van der Waals surface area (Å²) in [5, 5.41) is 30.2. The van der Waals surface area contributed by atoms with Gasteiger partial charge in [-0.25, -0.2) is 9.59 Å². The summed E-state index contributed by atoms with van der Waals surface area (Å²) < 4.78 is 80.8. The molecule has 0 bridgehead atoms. The number of alkyl carbamates (subject to hydrolysis) is 1. The van der Waals surface area contributed by atoms with Crippen LogP contribution in [-0.4, -0.2) is 207 Å². The molecule has 1 aliphatic carbocycles. The van der Waals surface area contributed by atoms with E-state index in [1.807, 2.05) is 48.5 Å². The summed E-state index contributed by atoms with van der Waals surface area (Å²) in [6, 6.07) is 9.68. The van der Waals surface area contributed by atoms with Gasteiger partial charge in [0.05, 0.1) is 13.2 Å². The molecule has 16 atom stereocenters. The molecule has 0 saturated carbocycles. The fourth-order valence-corrected chi connectivity index (χ4v) is 9.97. The first-order chi connectivity index (χ1) is 39.7. The van der Waals surface area contributed by atoms with Gasteiger partial charge in [0.1, 0.15) is 62.4 Å². The number of ether oxygens (including phenoxy) is 14. The summed E-state index contributed by atoms with van der Waals surface area (Å²) in [5.74, 6) is -10.2. The molecule has 460 valence electrons. The van der Waals surface area contributed by atoms with Gasteiger partial charge in [-0.2, -0.15) is 0 Å². The fraction of sp³-hybridized carbons (Fsp3) is 0.574. The van der Waals surface area contributed by atoms with E-state index in [1.54, 1.807) is 0 Å². The Morgan fingerprint density at radius 1 is 0.476 bits per heavy atom. The molecule has 0 aromatic heterocycles. The number of hydrogen-bond acceptors (Lipinski definition) is 26. The highest BCUT2D eigenvalue weighted by Crippen LogP contribution is 2.44. The van der Waals surface area contributed by atoms with Crippen molar-refractivity contribution in [3.8, 4) is 11.1 Å². The number of esters is 7. The zero-order valence-electron chi connectivity index (χ0n) is 47.1. The largest absolute Gasteiger partial charge is 0.480 e. The molecule has 3 heterocycles. The number of carboxylic acid groups (broad SMARTS) is 1. The van der Waals surface area contributed by atoms with Gasteiger partial charge in [0, 0.05) is 68.2 Å². The molecule has 3 fully saturated rings. The highest BCUT2D eigenvalue weighted by atomic mass is 16.8. The molecular weight excluding hydrogens is 1120 g/mol. The lowest BCUT2D eigenvalue weighted by Gasteiger charge is -2.49. The third-order valence-electron chi connectivity index (χ3n) is 13.1. The molecule has 3 aliphatic heterocycles. The first-order valence-electron chi connectivity index (χ1n) is 26.3. The van der Waals surface area contributed by atoms with Crippen molar-refractivity contribution in [3.63, 3.8) is 0 Å². The SMILES string of the molecule is CC(=O)N[C@H]1[C@H](OC[C@H]2O[C@H](OC[C@H](NC(=O)OCC3c4ccccc4-c4ccccc43)C(=O)O)[C@H](NC(C)=O)[C@@H](O[C@@H]3O[C@H](COC(C)=O)[C@H](OC(C)=O)[C@H](OC(C)=O)[C@H]3OC(C)=O)[C@H]2O)O[C@H](COC(C)=O)[C@@H](OC(C)=O)[C@@H]1OC(C)=O. The Bertz CT molecular complexity index is 2710. The zero-order chi connectivity index (χ0) is 61.7. The van der Waals surface area contributed by atoms with Gasteiger partial charge in [-0.1, -0.05) is 48.5 Å². The monoisotopic (exact) mass is 1190 g/mol. The number of aliphatic carboxylic acids is 1. The Morgan fingerprint density at radius 2 is 0.905 bits per heavy atom. The number of nitrogens with one attached hydrogen (secondary N) is 3. The third-order valence-corrected chi connectivity index (χ3v) is 13.1. The molecule has 30 nitrogen and oxygen atoms in total. The van der Waals surface area contributed by atoms with Gasteiger partial charge in [-0.05, 0) is 22.3 Å². The van der Waals surface area contributed by atoms with Crippen LogP contribution in [0.4, 0.5) is 4.79 Å². The van der Waals surface area contributed by atoms with Crippen LogP contribution in [0, 0.1) is 0 Å². The van der Waals surface area contributed by atoms with E-state index in [-0.39, 0.29) is 6.61 Å². The van der Waals surface area contributed by atoms with Crippen molar-refractivity contribution < 1.29 is 129 Å². The maximum absolute atomic E-state index is 13.5. The summed E-state index contributed by atoms with van der Waals surface area (Å²) in [4.78, 5) is 140. The molecule has 0 unspecified atom stereocenters. The number of rotatable bonds is 23. The van der Waals surface area contributed by atoms with E-state index in [1.165, 1.54) is 0 Å². The van der Waals surface area contributed by atoms with E-state index in [0.29, 0.717) is 0 Å². The first-order valence-corrected chi connectivity index (χ1v) is 26.3. The van der Waals surface area contributed by atoms with Crippen molar-refractivity contribution >= 4 is 65.7 Å². The van der Waals surface area contributed by atoms with E-state index in [4.69, 9.17) is 66.3 Å². The number of aliphatic hydroxyl groups excluding tert-OH is 1. The van der Waals surface area contributed by atoms with Crippen LogP contribution in [0.3, 0.4) is 0 Å². The van der Waals surface area contributed by atoms with Crippen molar-refractivity contribution in [1.29, 1.82) is 0 Å². The van der Waals surface area contributed by atoms with Crippen LogP contribution in [0.5, 0.6) is 0 Å². The summed E-state index contributed by atoms with van der Waals surface area (Å²) in [6.07, 6.45) is -24.6. The Kier molecular flexibility index (Phi) is 23.0. The normalized spacial score (nSPS) is 28.2. The lowest BCUT2D eigenvalue weighted by Crippen LogP contribution is -2.69. The standard InChI is InChI=1S/C54H67N3O27/c1-23(58)55-41-46(84-53-49(80-31(9)66)48(79-30(8)65)45(77-28(6)63)40(83-53)22-72-26(4)61)43(67)38(20-74-52-42(56-24(2)59)47(78-29(7)64)44(76-27(5)62)39(82-52)21-71-25(3)60)81-51(41)73-19-37(50(68)69)57-54(70)75-18-36-34-16-12-10-14-32(34)33-15-11-13-17-35(33)36/h10-17,36-49,51-53,67H,18-22H2,1-9H3,(H,55,58)(H,56,59)(H,57,70)(H,68,69)/t37-,38+,39+,40+,41+,42+,43-,44+,45-,46+,47+,48-,49+,51-,52+,53-/m0/s1. The van der Waals surface area contributed by atoms with E-state index in [2.05, 4.69) is 16.0 Å². The van der Waals surface area contributed by atoms with Gasteiger partial charge in [0.25, 0.3) is 0 Å². The maximum Gasteiger partial charge on any atom is 0.407 e. The molecule has 0 radical (unpaired) electrons. The highest BCUT2D eigenvalue weighted by Gasteiger charge is 2.57. The van der Waals surface area contributed by atoms with Gasteiger partial charge < -0.3 is 92.5 Å². The molecule has 3 saturated heterocycles. The predicted octanol–water partition coefficient (Wildman–Crippen LogP) is -0.274. The van der Waals surface area contributed by atoms with E-state index in [0.717, 1.165) is 84.6 Å². The second-order valence-corrected chi connectivity index (χ2v) is 19.7. The Labute approximate surface area is 479 Å². The van der Waals surface area contributed by atoms with E-state index in [9.17, 15) is 63.0 Å². The Balaban J connectivity index is 1.37. The average molecular weight is 1190 g/mol. The van der Waals surface area contributed by atoms with Crippen molar-refractivity contribution in [1.82, 2.24) is 16.0 Å². The molecule has 4 aliphatic rings. The van der Waals surface area contributed by atoms with Crippen LogP contribution in [0.25, 0.3) is 11.1 Å². The van der Waals surface area contributed by atoms with Gasteiger partial charge >= 0.3 is 53.8 Å². The van der Waals surface area contributed by atoms with Crippen LogP contribution in [0.1, 0.15) is 79.4 Å². The van der Waals surface area contributed by atoms with Crippen molar-refractivity contribution in [2.24, 2.45) is 0 Å². The second-order valence-electron chi connectivity index (χ2n) is 19.7. The summed E-state index contributed by atoms with van der Waals surface area (Å²) in [5.41, 5.74) is 3.57. The van der Waals surface area contributed by atoms with Crippen LogP contribution >= 0.6 is 0 Å². The fourth-order valence-electron chi connectivity index (χ4n) is 9.97. The molecule has 2 aromatic carbocycles. The molecule has 30 heteroatoms. The minimum absolute atomic E-state index is 0.217. The number of amides is 3. The van der Waals surface area contributed by atoms with Gasteiger partial charge in [-0.15, -0.1) is 0 Å². The summed E-state index contributed by atoms with van der Waals surface area (Å²) in [6.45, 7) is 5.68. The Hall–Kier alpha value is -7.87. The number of carbonyl (C=O) groups excluding carboxylic acids is 10. The third kappa shape index (κ3) is 17.4. The smallest absolute Gasteiger partial charge is 0.407 e. The second kappa shape index (κ2) is 29.6. The van der Waals surface area contributed by atoms with Gasteiger partial charge in [0.2, 0.25) is 11.8 Å². The van der Waals surface area contributed by atoms with Crippen molar-refractivity contribution in [2.75, 3.05) is 33.0 Å². The number of hydrogen-bond donors (Lipinski definition) is 5. The summed E-state index contributed by atoms with van der Waals surface area (Å²) >= 11 is 0. The van der Waals surface area contributed by atoms with Crippen LogP contribution in [-0.2, 0) is 114 Å². The molecular formula is C54H67N3O27. The highest BCUT2D eigenvalue weighted by molar-refractivity contribution is 5.81. The van der Waals surface area contributed by atoms with Crippen LogP contribution in [0.2, 0.25) is 0 Å². The number of fused-ring (bicyclic) bond motifs is 3. The minimum Gasteiger partial charge on any atom is -0.480 e. The average Bonchev–Trinajstić information content (AvgIpc) is 1.84. The van der Waals surface area contributed by atoms with Crippen molar-refractivity contribution in [2.45, 2.75) is 166 Å². The quantitative estimate of drug-likeness (QED) is 0.0706. The maximum atomic E-state index is 13.5. The zero-order valence-corrected chi connectivity index (χ0v) is 47.1.